The molecule has 8 rings (SSSR count). The molecule has 3 aromatic carbocycles. The van der Waals surface area contributed by atoms with Gasteiger partial charge in [-0.25, -0.2) is 4.98 Å². The van der Waals surface area contributed by atoms with Crippen LogP contribution in [0.3, 0.4) is 0 Å². The molecular weight excluding hydrogens is 660 g/mol. The number of rotatable bonds is 9. The zero-order valence-corrected chi connectivity index (χ0v) is 29.4. The molecule has 1 aliphatic carbocycles. The number of halogens is 1. The minimum atomic E-state index is -0.216. The highest BCUT2D eigenvalue weighted by atomic mass is 35.5. The second-order valence-corrected chi connectivity index (χ2v) is 14.5. The van der Waals surface area contributed by atoms with Gasteiger partial charge in [0.05, 0.1) is 11.1 Å². The van der Waals surface area contributed by atoms with Gasteiger partial charge in [0.1, 0.15) is 5.65 Å². The molecule has 10 heteroatoms. The summed E-state index contributed by atoms with van der Waals surface area (Å²) in [7, 11) is 0. The molecule has 2 aromatic heterocycles. The maximum absolute atomic E-state index is 13.3. The lowest BCUT2D eigenvalue weighted by atomic mass is 9.91. The molecule has 0 radical (unpaired) electrons. The van der Waals surface area contributed by atoms with E-state index in [1.807, 2.05) is 18.2 Å². The van der Waals surface area contributed by atoms with E-state index in [2.05, 4.69) is 76.0 Å². The van der Waals surface area contributed by atoms with Crippen LogP contribution in [0.2, 0.25) is 5.02 Å². The summed E-state index contributed by atoms with van der Waals surface area (Å²) in [6, 6.07) is 23.2. The first kappa shape index (κ1) is 33.3. The summed E-state index contributed by atoms with van der Waals surface area (Å²) in [6.07, 6.45) is 8.46. The molecule has 3 aliphatic rings. The average Bonchev–Trinajstić information content (AvgIpc) is 3.89. The maximum Gasteiger partial charge on any atom is 0.262 e. The van der Waals surface area contributed by atoms with Crippen LogP contribution in [0.5, 0.6) is 0 Å². The molecule has 0 spiro atoms. The van der Waals surface area contributed by atoms with Crippen LogP contribution < -0.4 is 21.9 Å². The predicted molar refractivity (Wildman–Crippen MR) is 201 cm³/mol. The van der Waals surface area contributed by atoms with Crippen molar-refractivity contribution >= 4 is 29.1 Å². The fraction of sp³-hybridized carbons (Fsp3) is 0.317. The van der Waals surface area contributed by atoms with Crippen LogP contribution >= 0.6 is 11.6 Å². The van der Waals surface area contributed by atoms with Gasteiger partial charge in [-0.1, -0.05) is 66.2 Å². The van der Waals surface area contributed by atoms with Crippen molar-refractivity contribution in [2.24, 2.45) is 5.73 Å². The summed E-state index contributed by atoms with van der Waals surface area (Å²) in [6.45, 7) is 4.02. The molecule has 4 heterocycles. The number of aromatic nitrogens is 2. The smallest absolute Gasteiger partial charge is 0.262 e. The van der Waals surface area contributed by atoms with Gasteiger partial charge in [-0.15, -0.1) is 0 Å². The summed E-state index contributed by atoms with van der Waals surface area (Å²) in [5, 5.41) is 6.93. The molecule has 2 fully saturated rings. The number of fused-ring (bicyclic) bond motifs is 2. The van der Waals surface area contributed by atoms with Crippen molar-refractivity contribution in [1.82, 2.24) is 24.9 Å². The first-order chi connectivity index (χ1) is 24.7. The second-order valence-electron chi connectivity index (χ2n) is 14.2. The highest BCUT2D eigenvalue weighted by molar-refractivity contribution is 6.36. The molecule has 0 saturated carbocycles. The Morgan fingerprint density at radius 3 is 2.53 bits per heavy atom. The fourth-order valence-electron chi connectivity index (χ4n) is 8.35. The Morgan fingerprint density at radius 1 is 0.961 bits per heavy atom. The summed E-state index contributed by atoms with van der Waals surface area (Å²) >= 11 is 7.24. The number of nitrogens with two attached hydrogens (primary N) is 1. The Morgan fingerprint density at radius 2 is 1.73 bits per heavy atom. The normalized spacial score (nSPS) is 20.2. The maximum atomic E-state index is 13.3. The van der Waals surface area contributed by atoms with Gasteiger partial charge in [0, 0.05) is 60.7 Å². The van der Waals surface area contributed by atoms with E-state index in [-0.39, 0.29) is 29.5 Å². The molecule has 51 heavy (non-hydrogen) atoms. The number of pyridine rings is 1. The number of nitrogens with one attached hydrogen (secondary N) is 2. The van der Waals surface area contributed by atoms with Gasteiger partial charge >= 0.3 is 0 Å². The van der Waals surface area contributed by atoms with Crippen LogP contribution in [-0.4, -0.2) is 57.3 Å². The zero-order valence-electron chi connectivity index (χ0n) is 28.6. The van der Waals surface area contributed by atoms with E-state index in [1.165, 1.54) is 11.1 Å². The van der Waals surface area contributed by atoms with Crippen LogP contribution in [0.15, 0.2) is 83.9 Å². The van der Waals surface area contributed by atoms with Gasteiger partial charge in [-0.2, -0.15) is 0 Å². The minimum Gasteiger partial charge on any atom is -0.368 e. The van der Waals surface area contributed by atoms with Gasteiger partial charge in [0.15, 0.2) is 0 Å². The Hall–Kier alpha value is -4.83. The molecular formula is C41H41ClN6O3. The number of amides is 2. The number of nitrogens with zero attached hydrogens (tertiary/aromatic N) is 3. The SMILES string of the molecule is Cc1c(-c2ccn3c(=O)c(CNC[C@@H]4CCC(=O)N4)cnc3c2)cccc1-c1cccc(-c2ccc3c(c2)C[C@@H](N2CCCC2C(N)=O)C3)c1Cl. The number of hydrogen-bond donors (Lipinski definition) is 3. The molecule has 260 valence electrons. The third-order valence-electron chi connectivity index (χ3n) is 11.0. The summed E-state index contributed by atoms with van der Waals surface area (Å²) in [5.74, 6) is -0.140. The van der Waals surface area contributed by atoms with Gasteiger partial charge in [-0.05, 0) is 96.6 Å². The van der Waals surface area contributed by atoms with E-state index in [9.17, 15) is 14.4 Å². The molecule has 0 bridgehead atoms. The Balaban J connectivity index is 1.04. The quantitative estimate of drug-likeness (QED) is 0.188. The monoisotopic (exact) mass is 700 g/mol. The molecule has 2 amide bonds. The van der Waals surface area contributed by atoms with Crippen LogP contribution in [0.25, 0.3) is 39.0 Å². The van der Waals surface area contributed by atoms with Crippen molar-refractivity contribution in [2.45, 2.75) is 70.1 Å². The van der Waals surface area contributed by atoms with E-state index < -0.39 is 0 Å². The first-order valence-corrected chi connectivity index (χ1v) is 18.2. The third kappa shape index (κ3) is 6.35. The van der Waals surface area contributed by atoms with Gasteiger partial charge in [0.25, 0.3) is 5.56 Å². The third-order valence-corrected chi connectivity index (χ3v) is 11.4. The fourth-order valence-corrected chi connectivity index (χ4v) is 8.68. The molecule has 4 N–H and O–H groups in total. The van der Waals surface area contributed by atoms with Crippen molar-refractivity contribution in [2.75, 3.05) is 13.1 Å². The molecule has 9 nitrogen and oxygen atoms in total. The van der Waals surface area contributed by atoms with Crippen molar-refractivity contribution < 1.29 is 9.59 Å². The lowest BCUT2D eigenvalue weighted by Gasteiger charge is -2.28. The number of benzene rings is 3. The largest absolute Gasteiger partial charge is 0.368 e. The highest BCUT2D eigenvalue weighted by Crippen LogP contribution is 2.41. The Bertz CT molecular complexity index is 2250. The van der Waals surface area contributed by atoms with E-state index in [0.717, 1.165) is 77.6 Å². The van der Waals surface area contributed by atoms with Gasteiger partial charge < -0.3 is 16.4 Å². The van der Waals surface area contributed by atoms with Crippen molar-refractivity contribution in [3.8, 4) is 33.4 Å². The number of likely N-dealkylation sites (tertiary alicyclic amines) is 1. The summed E-state index contributed by atoms with van der Waals surface area (Å²) < 4.78 is 1.58. The molecule has 3 atom stereocenters. The van der Waals surface area contributed by atoms with E-state index in [0.29, 0.717) is 41.8 Å². The standard InChI is InChI=1S/C41H41ClN6O3/c1-24-32(27-14-16-48-37(20-27)45-22-29(41(48)51)21-44-23-30-12-13-38(49)46-30)5-2-6-33(24)35-8-3-7-34(39(35)42)26-11-10-25-18-31(19-28(25)17-26)47-15-4-9-36(47)40(43)50/h2-3,5-8,10-11,14,16-17,20,22,30-31,36,44H,4,9,12-13,15,18-19,21,23H2,1H3,(H2,43,50)(H,46,49)/t30-,31-,36?/m0/s1. The van der Waals surface area contributed by atoms with Crippen LogP contribution in [0, 0.1) is 6.92 Å². The minimum absolute atomic E-state index is 0.0759. The first-order valence-electron chi connectivity index (χ1n) is 17.8. The van der Waals surface area contributed by atoms with Crippen LogP contribution in [-0.2, 0) is 29.0 Å². The topological polar surface area (TPSA) is 122 Å². The molecule has 2 aliphatic heterocycles. The number of primary amides is 1. The summed E-state index contributed by atoms with van der Waals surface area (Å²) in [5.41, 5.74) is 16.5. The number of carbonyl (C=O) groups excluding carboxylic acids is 2. The average molecular weight is 701 g/mol. The van der Waals surface area contributed by atoms with Gasteiger partial charge in [-0.3, -0.25) is 23.7 Å². The number of carbonyl (C=O) groups is 2. The van der Waals surface area contributed by atoms with Gasteiger partial charge in [0.2, 0.25) is 11.8 Å². The lowest BCUT2D eigenvalue weighted by molar-refractivity contribution is -0.123. The van der Waals surface area contributed by atoms with Crippen LogP contribution in [0.4, 0.5) is 0 Å². The van der Waals surface area contributed by atoms with Crippen molar-refractivity contribution in [1.29, 1.82) is 0 Å². The van der Waals surface area contributed by atoms with Crippen molar-refractivity contribution in [3.63, 3.8) is 0 Å². The van der Waals surface area contributed by atoms with E-state index >= 15 is 0 Å². The van der Waals surface area contributed by atoms with E-state index in [4.69, 9.17) is 17.3 Å². The lowest BCUT2D eigenvalue weighted by Crippen LogP contribution is -2.46. The number of hydrogen-bond acceptors (Lipinski definition) is 6. The van der Waals surface area contributed by atoms with Crippen molar-refractivity contribution in [3.05, 3.63) is 117 Å². The molecule has 5 aromatic rings. The van der Waals surface area contributed by atoms with Crippen LogP contribution in [0.1, 0.15) is 47.9 Å². The van der Waals surface area contributed by atoms with E-state index in [1.54, 1.807) is 16.8 Å². The highest BCUT2D eigenvalue weighted by Gasteiger charge is 2.37. The zero-order chi connectivity index (χ0) is 35.2. The second kappa shape index (κ2) is 13.7. The Kier molecular flexibility index (Phi) is 8.96. The predicted octanol–water partition coefficient (Wildman–Crippen LogP) is 5.44. The summed E-state index contributed by atoms with van der Waals surface area (Å²) in [4.78, 5) is 43.8. The Labute approximate surface area is 301 Å². The molecule has 2 saturated heterocycles. The molecule has 1 unspecified atom stereocenters.